The molecule has 0 bridgehead atoms. The number of nitrogens with one attached hydrogen (secondary N) is 1. The standard InChI is InChI=1S/C22H25FN2O4/c1-3-18(22(27)24-2)25(13-16-4-8-17(23)9-5-16)21(26)11-7-15-6-10-19-20(12-15)29-14-28-19/h4-6,8-10,12,18H,3,7,11,13-14H2,1-2H3,(H,24,27)/t18-/m0/s1. The highest BCUT2D eigenvalue weighted by molar-refractivity contribution is 5.87. The third-order valence-corrected chi connectivity index (χ3v) is 4.96. The van der Waals surface area contributed by atoms with Crippen molar-refractivity contribution in [1.82, 2.24) is 10.2 Å². The van der Waals surface area contributed by atoms with Gasteiger partial charge in [-0.05, 0) is 48.2 Å². The monoisotopic (exact) mass is 400 g/mol. The summed E-state index contributed by atoms with van der Waals surface area (Å²) in [6.45, 7) is 2.31. The normalized spacial score (nSPS) is 13.1. The number of likely N-dealkylation sites (N-methyl/N-ethyl adjacent to an activating group) is 1. The molecule has 2 aromatic carbocycles. The van der Waals surface area contributed by atoms with Gasteiger partial charge in [-0.1, -0.05) is 25.1 Å². The molecule has 1 N–H and O–H groups in total. The van der Waals surface area contributed by atoms with E-state index in [-0.39, 0.29) is 37.4 Å². The molecular formula is C22H25FN2O4. The van der Waals surface area contributed by atoms with Crippen molar-refractivity contribution >= 4 is 11.8 Å². The number of ether oxygens (including phenoxy) is 2. The second-order valence-electron chi connectivity index (χ2n) is 6.87. The zero-order chi connectivity index (χ0) is 20.8. The van der Waals surface area contributed by atoms with Crippen LogP contribution in [0.3, 0.4) is 0 Å². The average molecular weight is 400 g/mol. The van der Waals surface area contributed by atoms with Gasteiger partial charge in [-0.15, -0.1) is 0 Å². The lowest BCUT2D eigenvalue weighted by atomic mass is 10.1. The largest absolute Gasteiger partial charge is 0.454 e. The van der Waals surface area contributed by atoms with Gasteiger partial charge < -0.3 is 19.7 Å². The molecule has 1 aliphatic heterocycles. The molecule has 1 heterocycles. The van der Waals surface area contributed by atoms with Crippen LogP contribution in [0.4, 0.5) is 4.39 Å². The van der Waals surface area contributed by atoms with E-state index in [1.54, 1.807) is 24.1 Å². The van der Waals surface area contributed by atoms with Crippen molar-refractivity contribution in [1.29, 1.82) is 0 Å². The first-order valence-electron chi connectivity index (χ1n) is 9.65. The predicted molar refractivity (Wildman–Crippen MR) is 106 cm³/mol. The van der Waals surface area contributed by atoms with E-state index in [1.807, 2.05) is 25.1 Å². The Morgan fingerprint density at radius 3 is 2.48 bits per heavy atom. The highest BCUT2D eigenvalue weighted by atomic mass is 19.1. The lowest BCUT2D eigenvalue weighted by Gasteiger charge is -2.30. The fraction of sp³-hybridized carbons (Fsp3) is 0.364. The number of amides is 2. The quantitative estimate of drug-likeness (QED) is 0.740. The van der Waals surface area contributed by atoms with Gasteiger partial charge in [0.15, 0.2) is 11.5 Å². The van der Waals surface area contributed by atoms with E-state index in [0.29, 0.717) is 24.3 Å². The van der Waals surface area contributed by atoms with Crippen molar-refractivity contribution in [2.45, 2.75) is 38.8 Å². The van der Waals surface area contributed by atoms with Gasteiger partial charge in [0, 0.05) is 20.0 Å². The summed E-state index contributed by atoms with van der Waals surface area (Å²) < 4.78 is 23.9. The number of aryl methyl sites for hydroxylation is 1. The van der Waals surface area contributed by atoms with Crippen LogP contribution in [0.25, 0.3) is 0 Å². The summed E-state index contributed by atoms with van der Waals surface area (Å²) in [5, 5.41) is 2.63. The minimum atomic E-state index is -0.589. The maximum absolute atomic E-state index is 13.2. The van der Waals surface area contributed by atoms with E-state index in [1.165, 1.54) is 12.1 Å². The number of carbonyl (C=O) groups excluding carboxylic acids is 2. The van der Waals surface area contributed by atoms with Crippen LogP contribution in [0.1, 0.15) is 30.9 Å². The van der Waals surface area contributed by atoms with Crippen LogP contribution in [0, 0.1) is 5.82 Å². The summed E-state index contributed by atoms with van der Waals surface area (Å²) in [7, 11) is 1.55. The molecule has 6 nitrogen and oxygen atoms in total. The SMILES string of the molecule is CC[C@@H](C(=O)NC)N(Cc1ccc(F)cc1)C(=O)CCc1ccc2c(c1)OCO2. The summed E-state index contributed by atoms with van der Waals surface area (Å²) in [5.74, 6) is 0.680. The molecule has 1 atom stereocenters. The fourth-order valence-electron chi connectivity index (χ4n) is 3.36. The third kappa shape index (κ3) is 5.04. The summed E-state index contributed by atoms with van der Waals surface area (Å²) in [5.41, 5.74) is 1.72. The van der Waals surface area contributed by atoms with E-state index in [9.17, 15) is 14.0 Å². The molecule has 0 aliphatic carbocycles. The van der Waals surface area contributed by atoms with Crippen molar-refractivity contribution in [3.63, 3.8) is 0 Å². The number of hydrogen-bond donors (Lipinski definition) is 1. The molecule has 1 aliphatic rings. The molecule has 0 aromatic heterocycles. The van der Waals surface area contributed by atoms with Crippen LogP contribution < -0.4 is 14.8 Å². The molecule has 0 radical (unpaired) electrons. The lowest BCUT2D eigenvalue weighted by Crippen LogP contribution is -2.48. The Labute approximate surface area is 169 Å². The summed E-state index contributed by atoms with van der Waals surface area (Å²) in [6, 6.07) is 11.0. The zero-order valence-corrected chi connectivity index (χ0v) is 16.6. The number of hydrogen-bond acceptors (Lipinski definition) is 4. The first-order chi connectivity index (χ1) is 14.0. The average Bonchev–Trinajstić information content (AvgIpc) is 3.21. The first-order valence-corrected chi connectivity index (χ1v) is 9.65. The van der Waals surface area contributed by atoms with Crippen molar-refractivity contribution in [2.75, 3.05) is 13.8 Å². The molecule has 0 unspecified atom stereocenters. The Kier molecular flexibility index (Phi) is 6.69. The third-order valence-electron chi connectivity index (χ3n) is 4.96. The van der Waals surface area contributed by atoms with E-state index < -0.39 is 6.04 Å². The molecule has 3 rings (SSSR count). The maximum atomic E-state index is 13.2. The van der Waals surface area contributed by atoms with Crippen molar-refractivity contribution in [3.8, 4) is 11.5 Å². The topological polar surface area (TPSA) is 67.9 Å². The van der Waals surface area contributed by atoms with Gasteiger partial charge in [0.1, 0.15) is 11.9 Å². The van der Waals surface area contributed by atoms with Crippen LogP contribution in [-0.2, 0) is 22.6 Å². The van der Waals surface area contributed by atoms with Crippen LogP contribution in [0.15, 0.2) is 42.5 Å². The van der Waals surface area contributed by atoms with Gasteiger partial charge in [0.2, 0.25) is 18.6 Å². The number of nitrogens with zero attached hydrogens (tertiary/aromatic N) is 1. The van der Waals surface area contributed by atoms with Gasteiger partial charge in [-0.25, -0.2) is 4.39 Å². The number of benzene rings is 2. The Bertz CT molecular complexity index is 870. The number of halogens is 1. The van der Waals surface area contributed by atoms with Crippen LogP contribution in [0.5, 0.6) is 11.5 Å². The number of carbonyl (C=O) groups is 2. The van der Waals surface area contributed by atoms with E-state index >= 15 is 0 Å². The van der Waals surface area contributed by atoms with Gasteiger partial charge in [-0.3, -0.25) is 9.59 Å². The Hall–Kier alpha value is -3.09. The molecule has 2 amide bonds. The first kappa shape index (κ1) is 20.6. The van der Waals surface area contributed by atoms with Gasteiger partial charge in [0.25, 0.3) is 0 Å². The van der Waals surface area contributed by atoms with Crippen LogP contribution >= 0.6 is 0 Å². The van der Waals surface area contributed by atoms with Crippen molar-refractivity contribution in [3.05, 3.63) is 59.4 Å². The molecule has 2 aromatic rings. The number of fused-ring (bicyclic) bond motifs is 1. The van der Waals surface area contributed by atoms with E-state index in [4.69, 9.17) is 9.47 Å². The van der Waals surface area contributed by atoms with E-state index in [0.717, 1.165) is 11.1 Å². The summed E-state index contributed by atoms with van der Waals surface area (Å²) in [4.78, 5) is 27.0. The minimum absolute atomic E-state index is 0.137. The van der Waals surface area contributed by atoms with Gasteiger partial charge >= 0.3 is 0 Å². The lowest BCUT2D eigenvalue weighted by molar-refractivity contribution is -0.141. The van der Waals surface area contributed by atoms with Crippen molar-refractivity contribution < 1.29 is 23.5 Å². The Morgan fingerprint density at radius 2 is 1.79 bits per heavy atom. The predicted octanol–water partition coefficient (Wildman–Crippen LogP) is 3.04. The molecule has 0 spiro atoms. The van der Waals surface area contributed by atoms with Crippen LogP contribution in [0.2, 0.25) is 0 Å². The summed E-state index contributed by atoms with van der Waals surface area (Å²) >= 11 is 0. The molecule has 0 fully saturated rings. The molecule has 0 saturated heterocycles. The molecule has 7 heteroatoms. The van der Waals surface area contributed by atoms with Crippen LogP contribution in [-0.4, -0.2) is 36.6 Å². The van der Waals surface area contributed by atoms with E-state index in [2.05, 4.69) is 5.32 Å². The molecule has 154 valence electrons. The minimum Gasteiger partial charge on any atom is -0.454 e. The maximum Gasteiger partial charge on any atom is 0.242 e. The number of rotatable bonds is 8. The Morgan fingerprint density at radius 1 is 1.10 bits per heavy atom. The van der Waals surface area contributed by atoms with Gasteiger partial charge in [-0.2, -0.15) is 0 Å². The summed E-state index contributed by atoms with van der Waals surface area (Å²) in [6.07, 6.45) is 1.24. The molecule has 29 heavy (non-hydrogen) atoms. The smallest absolute Gasteiger partial charge is 0.242 e. The highest BCUT2D eigenvalue weighted by Gasteiger charge is 2.27. The fourth-order valence-corrected chi connectivity index (χ4v) is 3.36. The molecular weight excluding hydrogens is 375 g/mol. The Balaban J connectivity index is 1.73. The molecule has 0 saturated carbocycles. The zero-order valence-electron chi connectivity index (χ0n) is 16.6. The second-order valence-corrected chi connectivity index (χ2v) is 6.87. The van der Waals surface area contributed by atoms with Gasteiger partial charge in [0.05, 0.1) is 0 Å². The van der Waals surface area contributed by atoms with Crippen molar-refractivity contribution in [2.24, 2.45) is 0 Å². The second kappa shape index (κ2) is 9.41. The highest BCUT2D eigenvalue weighted by Crippen LogP contribution is 2.32.